The van der Waals surface area contributed by atoms with Crippen molar-refractivity contribution in [2.75, 3.05) is 19.6 Å². The zero-order valence-electron chi connectivity index (χ0n) is 16.9. The van der Waals surface area contributed by atoms with Gasteiger partial charge >= 0.3 is 0 Å². The van der Waals surface area contributed by atoms with Crippen molar-refractivity contribution in [2.45, 2.75) is 19.4 Å². The summed E-state index contributed by atoms with van der Waals surface area (Å²) in [5.74, 6) is 1.25. The predicted octanol–water partition coefficient (Wildman–Crippen LogP) is 3.22. The SMILES string of the molecule is O=C(NCC(=O)N1CCC(Cn2ccnc2-c2ccccc2)CC1)c1ccccc1. The van der Waals surface area contributed by atoms with Gasteiger partial charge in [0.25, 0.3) is 5.91 Å². The Hall–Kier alpha value is -3.41. The van der Waals surface area contributed by atoms with Gasteiger partial charge in [0.1, 0.15) is 5.82 Å². The number of hydrogen-bond donors (Lipinski definition) is 1. The molecule has 0 atom stereocenters. The fraction of sp³-hybridized carbons (Fsp3) is 0.292. The molecule has 2 amide bonds. The zero-order valence-corrected chi connectivity index (χ0v) is 16.9. The molecule has 2 heterocycles. The van der Waals surface area contributed by atoms with E-state index in [9.17, 15) is 9.59 Å². The maximum atomic E-state index is 12.5. The van der Waals surface area contributed by atoms with Crippen LogP contribution in [0.1, 0.15) is 23.2 Å². The number of imidazole rings is 1. The van der Waals surface area contributed by atoms with Crippen molar-refractivity contribution in [3.8, 4) is 11.4 Å². The van der Waals surface area contributed by atoms with Crippen LogP contribution in [0.2, 0.25) is 0 Å². The van der Waals surface area contributed by atoms with Crippen LogP contribution in [0.5, 0.6) is 0 Å². The third kappa shape index (κ3) is 4.76. The number of amides is 2. The normalized spacial score (nSPS) is 14.5. The highest BCUT2D eigenvalue weighted by molar-refractivity contribution is 5.96. The van der Waals surface area contributed by atoms with Crippen LogP contribution in [-0.4, -0.2) is 45.9 Å². The smallest absolute Gasteiger partial charge is 0.251 e. The number of nitrogens with one attached hydrogen (secondary N) is 1. The molecule has 1 aliphatic rings. The number of benzene rings is 2. The number of hydrogen-bond acceptors (Lipinski definition) is 3. The first kappa shape index (κ1) is 19.9. The van der Waals surface area contributed by atoms with Crippen LogP contribution in [0.4, 0.5) is 0 Å². The Morgan fingerprint density at radius 1 is 0.967 bits per heavy atom. The second kappa shape index (κ2) is 9.39. The number of aromatic nitrogens is 2. The van der Waals surface area contributed by atoms with E-state index in [1.54, 1.807) is 12.1 Å². The minimum atomic E-state index is -0.215. The molecule has 1 aromatic heterocycles. The first-order chi connectivity index (χ1) is 14.7. The van der Waals surface area contributed by atoms with E-state index in [4.69, 9.17) is 0 Å². The van der Waals surface area contributed by atoms with Crippen molar-refractivity contribution in [2.24, 2.45) is 5.92 Å². The molecular formula is C24H26N4O2. The Balaban J connectivity index is 1.26. The number of nitrogens with zero attached hydrogens (tertiary/aromatic N) is 3. The molecule has 0 saturated carbocycles. The molecule has 1 fully saturated rings. The summed E-state index contributed by atoms with van der Waals surface area (Å²) in [4.78, 5) is 31.0. The number of rotatable bonds is 6. The molecule has 3 aromatic rings. The van der Waals surface area contributed by atoms with Gasteiger partial charge in [-0.3, -0.25) is 9.59 Å². The van der Waals surface area contributed by atoms with E-state index in [-0.39, 0.29) is 18.4 Å². The van der Waals surface area contributed by atoms with Crippen molar-refractivity contribution >= 4 is 11.8 Å². The summed E-state index contributed by atoms with van der Waals surface area (Å²) in [5, 5.41) is 2.73. The largest absolute Gasteiger partial charge is 0.343 e. The van der Waals surface area contributed by atoms with Crippen molar-refractivity contribution in [3.63, 3.8) is 0 Å². The molecular weight excluding hydrogens is 376 g/mol. The van der Waals surface area contributed by atoms with Crippen LogP contribution in [0.3, 0.4) is 0 Å². The maximum absolute atomic E-state index is 12.5. The third-order valence-electron chi connectivity index (χ3n) is 5.61. The monoisotopic (exact) mass is 402 g/mol. The molecule has 0 aliphatic carbocycles. The fourth-order valence-corrected chi connectivity index (χ4v) is 3.91. The van der Waals surface area contributed by atoms with Crippen LogP contribution < -0.4 is 5.32 Å². The molecule has 0 bridgehead atoms. The van der Waals surface area contributed by atoms with Crippen molar-refractivity contribution in [3.05, 3.63) is 78.6 Å². The van der Waals surface area contributed by atoms with Crippen LogP contribution in [-0.2, 0) is 11.3 Å². The topological polar surface area (TPSA) is 67.2 Å². The lowest BCUT2D eigenvalue weighted by Gasteiger charge is -2.32. The summed E-state index contributed by atoms with van der Waals surface area (Å²) in [6.07, 6.45) is 5.77. The highest BCUT2D eigenvalue weighted by Crippen LogP contribution is 2.23. The van der Waals surface area contributed by atoms with Gasteiger partial charge in [-0.2, -0.15) is 0 Å². The van der Waals surface area contributed by atoms with Gasteiger partial charge < -0.3 is 14.8 Å². The Morgan fingerprint density at radius 3 is 2.33 bits per heavy atom. The summed E-state index contributed by atoms with van der Waals surface area (Å²) in [6.45, 7) is 2.38. The minimum absolute atomic E-state index is 0.0228. The molecule has 0 radical (unpaired) electrons. The second-order valence-electron chi connectivity index (χ2n) is 7.64. The number of carbonyl (C=O) groups is 2. The summed E-state index contributed by atoms with van der Waals surface area (Å²) in [6, 6.07) is 19.2. The maximum Gasteiger partial charge on any atom is 0.251 e. The van der Waals surface area contributed by atoms with Crippen LogP contribution >= 0.6 is 0 Å². The number of piperidine rings is 1. The van der Waals surface area contributed by atoms with E-state index in [0.29, 0.717) is 11.5 Å². The van der Waals surface area contributed by atoms with Crippen LogP contribution in [0.15, 0.2) is 73.1 Å². The average Bonchev–Trinajstić information content (AvgIpc) is 3.27. The number of likely N-dealkylation sites (tertiary alicyclic amines) is 1. The number of carbonyl (C=O) groups excluding carboxylic acids is 2. The third-order valence-corrected chi connectivity index (χ3v) is 5.61. The van der Waals surface area contributed by atoms with Gasteiger partial charge in [0.2, 0.25) is 5.91 Å². The van der Waals surface area contributed by atoms with Crippen LogP contribution in [0, 0.1) is 5.92 Å². The van der Waals surface area contributed by atoms with Gasteiger partial charge in [0.15, 0.2) is 0 Å². The van der Waals surface area contributed by atoms with E-state index in [0.717, 1.165) is 43.9 Å². The second-order valence-corrected chi connectivity index (χ2v) is 7.64. The van der Waals surface area contributed by atoms with Gasteiger partial charge in [-0.15, -0.1) is 0 Å². The Labute approximate surface area is 176 Å². The molecule has 1 saturated heterocycles. The summed E-state index contributed by atoms with van der Waals surface area (Å²) < 4.78 is 2.21. The summed E-state index contributed by atoms with van der Waals surface area (Å²) in [7, 11) is 0. The minimum Gasteiger partial charge on any atom is -0.343 e. The standard InChI is InChI=1S/C24H26N4O2/c29-22(17-26-24(30)21-9-5-2-6-10-21)27-14-11-19(12-15-27)18-28-16-13-25-23(28)20-7-3-1-4-8-20/h1-10,13,16,19H,11-12,14-15,17-18H2,(H,26,30). The lowest BCUT2D eigenvalue weighted by molar-refractivity contribution is -0.131. The van der Waals surface area contributed by atoms with Crippen molar-refractivity contribution in [1.29, 1.82) is 0 Å². The molecule has 0 spiro atoms. The first-order valence-electron chi connectivity index (χ1n) is 10.4. The van der Waals surface area contributed by atoms with Crippen molar-refractivity contribution < 1.29 is 9.59 Å². The van der Waals surface area contributed by atoms with Crippen molar-refractivity contribution in [1.82, 2.24) is 19.8 Å². The first-order valence-corrected chi connectivity index (χ1v) is 10.4. The lowest BCUT2D eigenvalue weighted by Crippen LogP contribution is -2.44. The molecule has 1 aliphatic heterocycles. The van der Waals surface area contributed by atoms with Gasteiger partial charge in [-0.25, -0.2) is 4.98 Å². The van der Waals surface area contributed by atoms with Gasteiger partial charge in [0.05, 0.1) is 6.54 Å². The van der Waals surface area contributed by atoms with Crippen LogP contribution in [0.25, 0.3) is 11.4 Å². The van der Waals surface area contributed by atoms with E-state index in [2.05, 4.69) is 27.0 Å². The Morgan fingerprint density at radius 2 is 1.63 bits per heavy atom. The van der Waals surface area contributed by atoms with E-state index in [1.165, 1.54) is 0 Å². The van der Waals surface area contributed by atoms with E-state index >= 15 is 0 Å². The van der Waals surface area contributed by atoms with Gasteiger partial charge in [-0.1, -0.05) is 48.5 Å². The van der Waals surface area contributed by atoms with E-state index < -0.39 is 0 Å². The average molecular weight is 402 g/mol. The Bertz CT molecular complexity index is 977. The molecule has 2 aromatic carbocycles. The van der Waals surface area contributed by atoms with Gasteiger partial charge in [-0.05, 0) is 30.9 Å². The van der Waals surface area contributed by atoms with Gasteiger partial charge in [0, 0.05) is 43.2 Å². The highest BCUT2D eigenvalue weighted by atomic mass is 16.2. The molecule has 6 heteroatoms. The zero-order chi connectivity index (χ0) is 20.8. The highest BCUT2D eigenvalue weighted by Gasteiger charge is 2.24. The molecule has 6 nitrogen and oxygen atoms in total. The molecule has 1 N–H and O–H groups in total. The van der Waals surface area contributed by atoms with E-state index in [1.807, 2.05) is 53.7 Å². The lowest BCUT2D eigenvalue weighted by atomic mass is 9.96. The molecule has 154 valence electrons. The Kier molecular flexibility index (Phi) is 6.23. The predicted molar refractivity (Wildman–Crippen MR) is 116 cm³/mol. The molecule has 0 unspecified atom stereocenters. The quantitative estimate of drug-likeness (QED) is 0.688. The molecule has 4 rings (SSSR count). The summed E-state index contributed by atoms with van der Waals surface area (Å²) >= 11 is 0. The fourth-order valence-electron chi connectivity index (χ4n) is 3.91. The summed E-state index contributed by atoms with van der Waals surface area (Å²) in [5.41, 5.74) is 1.68. The molecule has 30 heavy (non-hydrogen) atoms.